The van der Waals surface area contributed by atoms with Crippen LogP contribution in [0.25, 0.3) is 0 Å². The first kappa shape index (κ1) is 26.8. The molecule has 3 aromatic rings. The average molecular weight is 558 g/mol. The highest BCUT2D eigenvalue weighted by molar-refractivity contribution is 9.10. The van der Waals surface area contributed by atoms with Gasteiger partial charge in [0.25, 0.3) is 5.91 Å². The maximum atomic E-state index is 13.6. The molecule has 0 heterocycles. The number of ether oxygens (including phenoxy) is 1. The molecule has 5 nitrogen and oxygen atoms in total. The van der Waals surface area contributed by atoms with Gasteiger partial charge in [-0.05, 0) is 62.2 Å². The van der Waals surface area contributed by atoms with Gasteiger partial charge in [0.15, 0.2) is 6.61 Å². The average Bonchev–Trinajstić information content (AvgIpc) is 2.79. The Morgan fingerprint density at radius 2 is 1.66 bits per heavy atom. The van der Waals surface area contributed by atoms with Crippen molar-refractivity contribution in [2.75, 3.05) is 6.61 Å². The van der Waals surface area contributed by atoms with Crippen LogP contribution in [0.15, 0.2) is 83.3 Å². The lowest BCUT2D eigenvalue weighted by Crippen LogP contribution is -2.55. The Morgan fingerprint density at radius 1 is 0.971 bits per heavy atom. The molecule has 184 valence electrons. The Labute approximate surface area is 220 Å². The summed E-state index contributed by atoms with van der Waals surface area (Å²) >= 11 is 9.55. The van der Waals surface area contributed by atoms with E-state index >= 15 is 0 Å². The number of benzene rings is 3. The van der Waals surface area contributed by atoms with Gasteiger partial charge in [-0.3, -0.25) is 9.59 Å². The largest absolute Gasteiger partial charge is 0.484 e. The number of halogens is 2. The van der Waals surface area contributed by atoms with E-state index in [0.29, 0.717) is 17.2 Å². The van der Waals surface area contributed by atoms with Crippen molar-refractivity contribution in [3.05, 3.63) is 99.5 Å². The monoisotopic (exact) mass is 556 g/mol. The highest BCUT2D eigenvalue weighted by atomic mass is 79.9. The summed E-state index contributed by atoms with van der Waals surface area (Å²) < 4.78 is 6.65. The molecule has 0 unspecified atom stereocenters. The predicted octanol–water partition coefficient (Wildman–Crippen LogP) is 6.04. The number of nitrogens with zero attached hydrogens (tertiary/aromatic N) is 1. The third-order valence-corrected chi connectivity index (χ3v) is 5.90. The Kier molecular flexibility index (Phi) is 9.35. The van der Waals surface area contributed by atoms with Crippen molar-refractivity contribution in [2.24, 2.45) is 0 Å². The van der Waals surface area contributed by atoms with Crippen molar-refractivity contribution in [2.45, 2.75) is 45.3 Å². The van der Waals surface area contributed by atoms with Gasteiger partial charge < -0.3 is 15.0 Å². The lowest BCUT2D eigenvalue weighted by Gasteiger charge is -2.33. The highest BCUT2D eigenvalue weighted by Gasteiger charge is 2.32. The number of hydrogen-bond acceptors (Lipinski definition) is 3. The summed E-state index contributed by atoms with van der Waals surface area (Å²) in [6.07, 6.45) is 0.375. The van der Waals surface area contributed by atoms with Crippen LogP contribution in [-0.4, -0.2) is 34.9 Å². The zero-order chi connectivity index (χ0) is 25.4. The Hall–Kier alpha value is -2.83. The molecule has 0 aliphatic heterocycles. The van der Waals surface area contributed by atoms with E-state index in [0.717, 1.165) is 15.6 Å². The fourth-order valence-electron chi connectivity index (χ4n) is 3.62. The van der Waals surface area contributed by atoms with Crippen molar-refractivity contribution in [1.82, 2.24) is 10.2 Å². The number of hydrogen-bond donors (Lipinski definition) is 1. The molecule has 0 aliphatic carbocycles. The summed E-state index contributed by atoms with van der Waals surface area (Å²) in [6.45, 7) is 5.81. The van der Waals surface area contributed by atoms with E-state index in [1.54, 1.807) is 29.2 Å². The molecule has 7 heteroatoms. The first-order valence-corrected chi connectivity index (χ1v) is 12.6. The molecule has 0 fully saturated rings. The van der Waals surface area contributed by atoms with Crippen LogP contribution < -0.4 is 10.1 Å². The molecule has 0 bridgehead atoms. The third kappa shape index (κ3) is 8.71. The van der Waals surface area contributed by atoms with Crippen molar-refractivity contribution in [1.29, 1.82) is 0 Å². The summed E-state index contributed by atoms with van der Waals surface area (Å²) in [6, 6.07) is 23.6. The number of amides is 2. The van der Waals surface area contributed by atoms with Crippen LogP contribution in [0.4, 0.5) is 0 Å². The fourth-order valence-corrected chi connectivity index (χ4v) is 4.25. The summed E-state index contributed by atoms with van der Waals surface area (Å²) in [5.74, 6) is -0.0191. The lowest BCUT2D eigenvalue weighted by molar-refractivity contribution is -0.143. The molecule has 1 atom stereocenters. The molecule has 3 aromatic carbocycles. The van der Waals surface area contributed by atoms with Gasteiger partial charge in [0, 0.05) is 28.0 Å². The van der Waals surface area contributed by atoms with Crippen LogP contribution in [0.3, 0.4) is 0 Å². The van der Waals surface area contributed by atoms with Gasteiger partial charge in [-0.15, -0.1) is 0 Å². The maximum Gasteiger partial charge on any atom is 0.261 e. The minimum atomic E-state index is -0.730. The van der Waals surface area contributed by atoms with E-state index in [1.165, 1.54) is 0 Å². The summed E-state index contributed by atoms with van der Waals surface area (Å²) in [7, 11) is 0. The molecule has 1 N–H and O–H groups in total. The molecular formula is C28H30BrClN2O3. The van der Waals surface area contributed by atoms with Crippen molar-refractivity contribution < 1.29 is 14.3 Å². The van der Waals surface area contributed by atoms with Crippen LogP contribution >= 0.6 is 27.5 Å². The van der Waals surface area contributed by atoms with Crippen LogP contribution in [0.2, 0.25) is 5.02 Å². The topological polar surface area (TPSA) is 58.6 Å². The molecule has 35 heavy (non-hydrogen) atoms. The normalized spacial score (nSPS) is 12.0. The van der Waals surface area contributed by atoms with Gasteiger partial charge in [-0.25, -0.2) is 0 Å². The molecule has 0 aromatic heterocycles. The van der Waals surface area contributed by atoms with Crippen LogP contribution in [0.1, 0.15) is 31.9 Å². The van der Waals surface area contributed by atoms with Gasteiger partial charge >= 0.3 is 0 Å². The Morgan fingerprint density at radius 3 is 2.31 bits per heavy atom. The maximum absolute atomic E-state index is 13.6. The minimum Gasteiger partial charge on any atom is -0.484 e. The lowest BCUT2D eigenvalue weighted by atomic mass is 10.0. The van der Waals surface area contributed by atoms with Gasteiger partial charge in [-0.2, -0.15) is 0 Å². The smallest absolute Gasteiger partial charge is 0.261 e. The van der Waals surface area contributed by atoms with E-state index in [2.05, 4.69) is 21.2 Å². The Balaban J connectivity index is 1.93. The number of rotatable bonds is 9. The summed E-state index contributed by atoms with van der Waals surface area (Å²) in [5, 5.41) is 3.57. The van der Waals surface area contributed by atoms with Crippen LogP contribution in [0.5, 0.6) is 5.75 Å². The van der Waals surface area contributed by atoms with Crippen LogP contribution in [-0.2, 0) is 22.6 Å². The standard InChI is InChI=1S/C28H30BrClN2O3/c1-28(2,3)31-27(34)25(16-20-9-5-4-6-10-20)32(18-21-11-7-12-22(29)15-21)26(33)19-35-24-14-8-13-23(30)17-24/h4-15,17,25H,16,18-19H2,1-3H3,(H,31,34)/t25-/m0/s1. The second-order valence-corrected chi connectivity index (χ2v) is 10.7. The summed E-state index contributed by atoms with van der Waals surface area (Å²) in [5.41, 5.74) is 1.41. The second-order valence-electron chi connectivity index (χ2n) is 9.34. The second kappa shape index (κ2) is 12.2. The van der Waals surface area contributed by atoms with E-state index in [-0.39, 0.29) is 25.0 Å². The molecule has 0 saturated carbocycles. The number of carbonyl (C=O) groups excluding carboxylic acids is 2. The van der Waals surface area contributed by atoms with Crippen molar-refractivity contribution in [3.63, 3.8) is 0 Å². The number of nitrogens with one attached hydrogen (secondary N) is 1. The van der Waals surface area contributed by atoms with Gasteiger partial charge in [0.2, 0.25) is 5.91 Å². The quantitative estimate of drug-likeness (QED) is 0.349. The van der Waals surface area contributed by atoms with E-state index in [9.17, 15) is 9.59 Å². The SMILES string of the molecule is CC(C)(C)NC(=O)[C@H](Cc1ccccc1)N(Cc1cccc(Br)c1)C(=O)COc1cccc(Cl)c1. The first-order chi connectivity index (χ1) is 16.6. The van der Waals surface area contributed by atoms with Crippen molar-refractivity contribution in [3.8, 4) is 5.75 Å². The van der Waals surface area contributed by atoms with E-state index in [4.69, 9.17) is 16.3 Å². The summed E-state index contributed by atoms with van der Waals surface area (Å²) in [4.78, 5) is 28.7. The zero-order valence-electron chi connectivity index (χ0n) is 20.1. The molecular weight excluding hydrogens is 528 g/mol. The number of carbonyl (C=O) groups is 2. The highest BCUT2D eigenvalue weighted by Crippen LogP contribution is 2.20. The van der Waals surface area contributed by atoms with Crippen LogP contribution in [0, 0.1) is 0 Å². The zero-order valence-corrected chi connectivity index (χ0v) is 22.5. The van der Waals surface area contributed by atoms with Gasteiger partial charge in [0.1, 0.15) is 11.8 Å². The molecule has 2 amide bonds. The van der Waals surface area contributed by atoms with Gasteiger partial charge in [-0.1, -0.05) is 76.1 Å². The molecule has 0 aliphatic rings. The predicted molar refractivity (Wildman–Crippen MR) is 143 cm³/mol. The molecule has 0 spiro atoms. The van der Waals surface area contributed by atoms with Crippen molar-refractivity contribution >= 4 is 39.3 Å². The molecule has 0 radical (unpaired) electrons. The minimum absolute atomic E-state index is 0.215. The fraction of sp³-hybridized carbons (Fsp3) is 0.286. The van der Waals surface area contributed by atoms with Gasteiger partial charge in [0.05, 0.1) is 0 Å². The molecule has 3 rings (SSSR count). The van der Waals surface area contributed by atoms with E-state index < -0.39 is 11.6 Å². The first-order valence-electron chi connectivity index (χ1n) is 11.4. The Bertz CT molecular complexity index is 1150. The van der Waals surface area contributed by atoms with E-state index in [1.807, 2.05) is 75.4 Å². The third-order valence-electron chi connectivity index (χ3n) is 5.17. The molecule has 0 saturated heterocycles.